The summed E-state index contributed by atoms with van der Waals surface area (Å²) in [4.78, 5) is 15.9. The van der Waals surface area contributed by atoms with Gasteiger partial charge in [0, 0.05) is 25.3 Å². The Morgan fingerprint density at radius 2 is 1.75 bits per heavy atom. The van der Waals surface area contributed by atoms with E-state index in [9.17, 15) is 9.18 Å². The molecule has 5 nitrogen and oxygen atoms in total. The molecule has 1 heterocycles. The summed E-state index contributed by atoms with van der Waals surface area (Å²) >= 11 is 0. The minimum absolute atomic E-state index is 0.0471. The van der Waals surface area contributed by atoms with Crippen molar-refractivity contribution >= 4 is 11.6 Å². The minimum atomic E-state index is -0.290. The number of carbonyl (C=O) groups excluding carboxylic acids is 1. The third-order valence-electron chi connectivity index (χ3n) is 5.22. The van der Waals surface area contributed by atoms with E-state index in [4.69, 9.17) is 4.74 Å². The highest BCUT2D eigenvalue weighted by molar-refractivity contribution is 5.78. The first kappa shape index (κ1) is 20.3. The number of carbonyl (C=O) groups is 1. The van der Waals surface area contributed by atoms with Gasteiger partial charge in [-0.3, -0.25) is 4.79 Å². The zero-order valence-corrected chi connectivity index (χ0v) is 16.6. The number of benzene rings is 2. The van der Waals surface area contributed by atoms with Gasteiger partial charge in [0.05, 0.1) is 26.2 Å². The van der Waals surface area contributed by atoms with Crippen LogP contribution in [0.25, 0.3) is 0 Å². The van der Waals surface area contributed by atoms with Crippen molar-refractivity contribution in [2.75, 3.05) is 51.8 Å². The number of anilines is 1. The van der Waals surface area contributed by atoms with E-state index in [1.165, 1.54) is 22.6 Å². The van der Waals surface area contributed by atoms with Gasteiger partial charge in [-0.05, 0) is 29.8 Å². The Labute approximate surface area is 166 Å². The molecule has 0 aliphatic carbocycles. The molecular weight excluding hydrogens is 357 g/mol. The van der Waals surface area contributed by atoms with Crippen molar-refractivity contribution in [1.82, 2.24) is 5.32 Å². The second-order valence-electron chi connectivity index (χ2n) is 7.42. The number of rotatable bonds is 7. The summed E-state index contributed by atoms with van der Waals surface area (Å²) in [5.74, 6) is -0.338. The molecule has 0 unspecified atom stereocenters. The summed E-state index contributed by atoms with van der Waals surface area (Å²) in [5.41, 5.74) is 3.17. The quantitative estimate of drug-likeness (QED) is 0.752. The highest BCUT2D eigenvalue weighted by Crippen LogP contribution is 2.16. The maximum Gasteiger partial charge on any atom is 0.224 e. The molecule has 2 aromatic carbocycles. The van der Waals surface area contributed by atoms with Crippen molar-refractivity contribution in [2.24, 2.45) is 0 Å². The van der Waals surface area contributed by atoms with E-state index in [1.54, 1.807) is 12.1 Å². The maximum absolute atomic E-state index is 13.0. The Bertz CT molecular complexity index is 756. The number of ether oxygens (including phenoxy) is 1. The number of hydrogen-bond acceptors (Lipinski definition) is 3. The molecule has 28 heavy (non-hydrogen) atoms. The number of halogens is 1. The average Bonchev–Trinajstić information content (AvgIpc) is 2.71. The molecule has 0 bridgehead atoms. The third kappa shape index (κ3) is 5.53. The van der Waals surface area contributed by atoms with Crippen molar-refractivity contribution in [3.05, 3.63) is 65.5 Å². The number of morpholine rings is 1. The molecule has 0 saturated carbocycles. The van der Waals surface area contributed by atoms with Crippen LogP contribution in [0.1, 0.15) is 17.2 Å². The van der Waals surface area contributed by atoms with E-state index < -0.39 is 0 Å². The normalized spacial score (nSPS) is 15.8. The van der Waals surface area contributed by atoms with Crippen LogP contribution in [-0.2, 0) is 16.0 Å². The van der Waals surface area contributed by atoms with Crippen molar-refractivity contribution in [1.29, 1.82) is 0 Å². The molecule has 0 aromatic heterocycles. The average molecular weight is 386 g/mol. The zero-order chi connectivity index (χ0) is 19.9. The summed E-state index contributed by atoms with van der Waals surface area (Å²) in [5, 5.41) is 3.07. The molecule has 1 amide bonds. The summed E-state index contributed by atoms with van der Waals surface area (Å²) in [6.45, 7) is 3.90. The predicted molar refractivity (Wildman–Crippen MR) is 108 cm³/mol. The highest BCUT2D eigenvalue weighted by Gasteiger charge is 2.27. The lowest BCUT2D eigenvalue weighted by molar-refractivity contribution is -0.937. The second kappa shape index (κ2) is 9.66. The number of nitrogens with zero attached hydrogens (tertiary/aromatic N) is 1. The van der Waals surface area contributed by atoms with Gasteiger partial charge >= 0.3 is 0 Å². The molecule has 1 aliphatic rings. The van der Waals surface area contributed by atoms with E-state index in [0.717, 1.165) is 37.6 Å². The zero-order valence-electron chi connectivity index (χ0n) is 16.6. The highest BCUT2D eigenvalue weighted by atomic mass is 19.1. The predicted octanol–water partition coefficient (Wildman–Crippen LogP) is 1.21. The minimum Gasteiger partial charge on any atom is -0.378 e. The molecule has 3 rings (SSSR count). The topological polar surface area (TPSA) is 46.0 Å². The fourth-order valence-electron chi connectivity index (χ4n) is 3.55. The van der Waals surface area contributed by atoms with Crippen LogP contribution in [0.5, 0.6) is 0 Å². The fourth-order valence-corrected chi connectivity index (χ4v) is 3.55. The van der Waals surface area contributed by atoms with Gasteiger partial charge in [-0.2, -0.15) is 0 Å². The van der Waals surface area contributed by atoms with Crippen LogP contribution < -0.4 is 15.1 Å². The Balaban J connectivity index is 1.66. The van der Waals surface area contributed by atoms with Crippen molar-refractivity contribution in [2.45, 2.75) is 12.5 Å². The van der Waals surface area contributed by atoms with Gasteiger partial charge in [0.1, 0.15) is 24.9 Å². The van der Waals surface area contributed by atoms with Gasteiger partial charge in [-0.15, -0.1) is 0 Å². The Kier molecular flexibility index (Phi) is 7.01. The molecule has 1 saturated heterocycles. The lowest BCUT2D eigenvalue weighted by Gasteiger charge is -2.32. The molecule has 6 heteroatoms. The standard InChI is InChI=1S/C22H28FN3O2/c1-25(2)20-9-5-18(6-10-20)21(26-11-13-28-14-12-26)16-24-22(27)15-17-3-7-19(23)8-4-17/h3-10,21H,11-16H2,1-2H3,(H,24,27)/p+1/t21-/m1/s1. The lowest BCUT2D eigenvalue weighted by Crippen LogP contribution is -3.15. The van der Waals surface area contributed by atoms with Crippen LogP contribution in [0.15, 0.2) is 48.5 Å². The largest absolute Gasteiger partial charge is 0.378 e. The van der Waals surface area contributed by atoms with Crippen LogP contribution in [0.2, 0.25) is 0 Å². The van der Waals surface area contributed by atoms with Crippen LogP contribution in [0.3, 0.4) is 0 Å². The summed E-state index contributed by atoms with van der Waals surface area (Å²) in [6, 6.07) is 14.8. The van der Waals surface area contributed by atoms with Crippen molar-refractivity contribution in [3.63, 3.8) is 0 Å². The fraction of sp³-hybridized carbons (Fsp3) is 0.409. The number of hydrogen-bond donors (Lipinski definition) is 2. The van der Waals surface area contributed by atoms with Crippen LogP contribution in [-0.4, -0.2) is 52.9 Å². The molecule has 2 N–H and O–H groups in total. The van der Waals surface area contributed by atoms with Gasteiger partial charge in [0.2, 0.25) is 5.91 Å². The molecular formula is C22H29FN3O2+. The first-order chi connectivity index (χ1) is 13.5. The molecule has 1 atom stereocenters. The van der Waals surface area contributed by atoms with Crippen LogP contribution in [0, 0.1) is 5.82 Å². The van der Waals surface area contributed by atoms with Gasteiger partial charge in [-0.25, -0.2) is 4.39 Å². The van der Waals surface area contributed by atoms with E-state index >= 15 is 0 Å². The first-order valence-corrected chi connectivity index (χ1v) is 9.73. The lowest BCUT2D eigenvalue weighted by atomic mass is 10.0. The van der Waals surface area contributed by atoms with Gasteiger partial charge in [0.15, 0.2) is 0 Å². The Hall–Kier alpha value is -2.44. The van der Waals surface area contributed by atoms with E-state index in [1.807, 2.05) is 14.1 Å². The summed E-state index contributed by atoms with van der Waals surface area (Å²) < 4.78 is 18.5. The molecule has 1 fully saturated rings. The van der Waals surface area contributed by atoms with Crippen LogP contribution >= 0.6 is 0 Å². The van der Waals surface area contributed by atoms with E-state index in [0.29, 0.717) is 6.54 Å². The molecule has 0 radical (unpaired) electrons. The number of nitrogens with one attached hydrogen (secondary N) is 2. The maximum atomic E-state index is 13.0. The SMILES string of the molecule is CN(C)c1ccc([C@@H](CNC(=O)Cc2ccc(F)cc2)[NH+]2CCOCC2)cc1. The third-order valence-corrected chi connectivity index (χ3v) is 5.22. The number of amides is 1. The van der Waals surface area contributed by atoms with Gasteiger partial charge < -0.3 is 19.9 Å². The van der Waals surface area contributed by atoms with Gasteiger partial charge in [0.25, 0.3) is 0 Å². The summed E-state index contributed by atoms with van der Waals surface area (Å²) in [7, 11) is 4.05. The van der Waals surface area contributed by atoms with Crippen molar-refractivity contribution < 1.29 is 18.8 Å². The molecule has 150 valence electrons. The van der Waals surface area contributed by atoms with Gasteiger partial charge in [-0.1, -0.05) is 24.3 Å². The van der Waals surface area contributed by atoms with Crippen LogP contribution in [0.4, 0.5) is 10.1 Å². The van der Waals surface area contributed by atoms with E-state index in [2.05, 4.69) is 34.5 Å². The Morgan fingerprint density at radius 3 is 2.36 bits per heavy atom. The molecule has 2 aromatic rings. The molecule has 1 aliphatic heterocycles. The smallest absolute Gasteiger partial charge is 0.224 e. The monoisotopic (exact) mass is 386 g/mol. The summed E-state index contributed by atoms with van der Waals surface area (Å²) in [6.07, 6.45) is 0.255. The first-order valence-electron chi connectivity index (χ1n) is 9.73. The molecule has 0 spiro atoms. The second-order valence-corrected chi connectivity index (χ2v) is 7.42. The Morgan fingerprint density at radius 1 is 1.11 bits per heavy atom. The van der Waals surface area contributed by atoms with E-state index in [-0.39, 0.29) is 24.2 Å². The number of quaternary nitrogens is 1. The van der Waals surface area contributed by atoms with Crippen molar-refractivity contribution in [3.8, 4) is 0 Å².